The van der Waals surface area contributed by atoms with E-state index in [0.29, 0.717) is 35.2 Å². The number of benzene rings is 2. The van der Waals surface area contributed by atoms with Gasteiger partial charge in [-0.25, -0.2) is 4.79 Å². The fraction of sp³-hybridized carbons (Fsp3) is 0.318. The predicted molar refractivity (Wildman–Crippen MR) is 114 cm³/mol. The molecule has 4 amide bonds. The van der Waals surface area contributed by atoms with Gasteiger partial charge < -0.3 is 19.7 Å². The Kier molecular flexibility index (Phi) is 5.73. The maximum atomic E-state index is 12.9. The van der Waals surface area contributed by atoms with Gasteiger partial charge in [0.2, 0.25) is 5.91 Å². The Morgan fingerprint density at radius 1 is 1.13 bits per heavy atom. The van der Waals surface area contributed by atoms with Crippen LogP contribution in [0, 0.1) is 0 Å². The summed E-state index contributed by atoms with van der Waals surface area (Å²) in [5, 5.41) is 3.23. The lowest BCUT2D eigenvalue weighted by Crippen LogP contribution is -2.40. The number of imide groups is 1. The standard InChI is InChI=1S/C22H22ClN3O5/c1-30-18-9-13-8-17-21(28)25(22(29)26(17)12-14(13)10-19(18)31-2)7-6-20(27)24-16-5-3-4-15(23)11-16/h3-5,9-11,17H,6-8,12H2,1-2H3,(H,24,27)/t17-/m0/s1. The number of nitrogens with zero attached hydrogens (tertiary/aromatic N) is 2. The summed E-state index contributed by atoms with van der Waals surface area (Å²) >= 11 is 5.92. The van der Waals surface area contributed by atoms with E-state index >= 15 is 0 Å². The number of hydrogen-bond acceptors (Lipinski definition) is 5. The van der Waals surface area contributed by atoms with Gasteiger partial charge in [-0.3, -0.25) is 14.5 Å². The van der Waals surface area contributed by atoms with Gasteiger partial charge in [-0.2, -0.15) is 0 Å². The Morgan fingerprint density at radius 2 is 1.84 bits per heavy atom. The summed E-state index contributed by atoms with van der Waals surface area (Å²) in [5.41, 5.74) is 2.42. The number of ether oxygens (including phenoxy) is 2. The first-order valence-electron chi connectivity index (χ1n) is 9.82. The third-order valence-electron chi connectivity index (χ3n) is 5.53. The van der Waals surface area contributed by atoms with E-state index in [2.05, 4.69) is 5.32 Å². The van der Waals surface area contributed by atoms with Gasteiger partial charge in [-0.15, -0.1) is 0 Å². The fourth-order valence-corrected chi connectivity index (χ4v) is 4.16. The minimum absolute atomic E-state index is 0.000846. The molecular formula is C22H22ClN3O5. The van der Waals surface area contributed by atoms with E-state index in [1.807, 2.05) is 12.1 Å². The van der Waals surface area contributed by atoms with Crippen molar-refractivity contribution >= 4 is 35.1 Å². The summed E-state index contributed by atoms with van der Waals surface area (Å²) in [5.74, 6) is 0.569. The number of hydrogen-bond donors (Lipinski definition) is 1. The van der Waals surface area contributed by atoms with Crippen LogP contribution in [0.2, 0.25) is 5.02 Å². The Bertz CT molecular complexity index is 1010. The second kappa shape index (κ2) is 8.47. The number of anilines is 1. The Hall–Kier alpha value is -3.26. The molecule has 162 valence electrons. The number of urea groups is 1. The van der Waals surface area contributed by atoms with Crippen LogP contribution in [0.15, 0.2) is 36.4 Å². The summed E-state index contributed by atoms with van der Waals surface area (Å²) in [6, 6.07) is 9.51. The van der Waals surface area contributed by atoms with Crippen LogP contribution in [0.3, 0.4) is 0 Å². The average Bonchev–Trinajstić information content (AvgIpc) is 2.98. The zero-order valence-corrected chi connectivity index (χ0v) is 17.9. The second-order valence-electron chi connectivity index (χ2n) is 7.40. The molecule has 0 bridgehead atoms. The molecule has 0 spiro atoms. The molecule has 8 nitrogen and oxygen atoms in total. The third kappa shape index (κ3) is 4.03. The van der Waals surface area contributed by atoms with Gasteiger partial charge in [0.15, 0.2) is 11.5 Å². The zero-order chi connectivity index (χ0) is 22.1. The summed E-state index contributed by atoms with van der Waals surface area (Å²) in [4.78, 5) is 40.8. The van der Waals surface area contributed by atoms with Crippen LogP contribution in [0.25, 0.3) is 0 Å². The van der Waals surface area contributed by atoms with Gasteiger partial charge in [0.05, 0.1) is 14.2 Å². The number of rotatable bonds is 6. The van der Waals surface area contributed by atoms with Crippen LogP contribution in [-0.4, -0.2) is 54.5 Å². The summed E-state index contributed by atoms with van der Waals surface area (Å²) in [6.45, 7) is 0.316. The molecule has 9 heteroatoms. The van der Waals surface area contributed by atoms with Crippen molar-refractivity contribution in [2.45, 2.75) is 25.4 Å². The van der Waals surface area contributed by atoms with Gasteiger partial charge in [0, 0.05) is 36.6 Å². The van der Waals surface area contributed by atoms with E-state index in [-0.39, 0.29) is 30.8 Å². The predicted octanol–water partition coefficient (Wildman–Crippen LogP) is 3.07. The monoisotopic (exact) mass is 443 g/mol. The number of amides is 4. The maximum Gasteiger partial charge on any atom is 0.327 e. The molecule has 2 aromatic rings. The van der Waals surface area contributed by atoms with Crippen LogP contribution in [0.1, 0.15) is 17.5 Å². The molecule has 2 heterocycles. The number of methoxy groups -OCH3 is 2. The number of nitrogens with one attached hydrogen (secondary N) is 1. The van der Waals surface area contributed by atoms with Crippen molar-refractivity contribution < 1.29 is 23.9 Å². The van der Waals surface area contributed by atoms with E-state index in [1.165, 1.54) is 0 Å². The number of fused-ring (bicyclic) bond motifs is 2. The van der Waals surface area contributed by atoms with Crippen LogP contribution in [0.4, 0.5) is 10.5 Å². The Morgan fingerprint density at radius 3 is 2.52 bits per heavy atom. The lowest BCUT2D eigenvalue weighted by Gasteiger charge is -2.29. The topological polar surface area (TPSA) is 88.2 Å². The van der Waals surface area contributed by atoms with Crippen molar-refractivity contribution in [2.75, 3.05) is 26.1 Å². The van der Waals surface area contributed by atoms with E-state index in [1.54, 1.807) is 43.4 Å². The molecule has 1 fully saturated rings. The zero-order valence-electron chi connectivity index (χ0n) is 17.2. The normalized spacial score (nSPS) is 17.3. The molecule has 2 aliphatic rings. The quantitative estimate of drug-likeness (QED) is 0.693. The van der Waals surface area contributed by atoms with E-state index in [9.17, 15) is 14.4 Å². The highest BCUT2D eigenvalue weighted by Crippen LogP contribution is 2.37. The van der Waals surface area contributed by atoms with Gasteiger partial charge in [0.25, 0.3) is 5.91 Å². The first-order chi connectivity index (χ1) is 14.9. The smallest absolute Gasteiger partial charge is 0.327 e. The molecule has 2 aliphatic heterocycles. The van der Waals surface area contributed by atoms with Crippen molar-refractivity contribution in [3.63, 3.8) is 0 Å². The maximum absolute atomic E-state index is 12.9. The van der Waals surface area contributed by atoms with Gasteiger partial charge in [0.1, 0.15) is 6.04 Å². The molecule has 1 N–H and O–H groups in total. The highest BCUT2D eigenvalue weighted by Gasteiger charge is 2.47. The lowest BCUT2D eigenvalue weighted by atomic mass is 9.94. The SMILES string of the molecule is COc1cc2c(cc1OC)CN1C(=O)N(CCC(=O)Nc3cccc(Cl)c3)C(=O)[C@@H]1C2. The summed E-state index contributed by atoms with van der Waals surface area (Å²) in [6.07, 6.45) is 0.393. The van der Waals surface area contributed by atoms with Gasteiger partial charge in [-0.05, 0) is 41.5 Å². The molecule has 0 aromatic heterocycles. The molecule has 0 radical (unpaired) electrons. The number of carbonyl (C=O) groups excluding carboxylic acids is 3. The molecule has 2 aromatic carbocycles. The minimum Gasteiger partial charge on any atom is -0.493 e. The summed E-state index contributed by atoms with van der Waals surface area (Å²) < 4.78 is 10.7. The van der Waals surface area contributed by atoms with Gasteiger partial charge in [-0.1, -0.05) is 17.7 Å². The Labute approximate surface area is 184 Å². The first kappa shape index (κ1) is 21.0. The molecule has 1 atom stereocenters. The van der Waals surface area contributed by atoms with Crippen LogP contribution < -0.4 is 14.8 Å². The minimum atomic E-state index is -0.575. The summed E-state index contributed by atoms with van der Waals surface area (Å²) in [7, 11) is 3.11. The van der Waals surface area contributed by atoms with Gasteiger partial charge >= 0.3 is 6.03 Å². The molecule has 1 saturated heterocycles. The largest absolute Gasteiger partial charge is 0.493 e. The average molecular weight is 444 g/mol. The third-order valence-corrected chi connectivity index (χ3v) is 5.77. The molecule has 31 heavy (non-hydrogen) atoms. The van der Waals surface area contributed by atoms with E-state index in [0.717, 1.165) is 16.0 Å². The van der Waals surface area contributed by atoms with Crippen molar-refractivity contribution in [2.24, 2.45) is 0 Å². The molecule has 0 unspecified atom stereocenters. The molecular weight excluding hydrogens is 422 g/mol. The van der Waals surface area contributed by atoms with Crippen LogP contribution in [0.5, 0.6) is 11.5 Å². The second-order valence-corrected chi connectivity index (χ2v) is 7.84. The Balaban J connectivity index is 1.44. The first-order valence-corrected chi connectivity index (χ1v) is 10.2. The van der Waals surface area contributed by atoms with E-state index < -0.39 is 6.04 Å². The fourth-order valence-electron chi connectivity index (χ4n) is 3.97. The number of halogens is 1. The van der Waals surface area contributed by atoms with Crippen LogP contribution >= 0.6 is 11.6 Å². The van der Waals surface area contributed by atoms with Crippen LogP contribution in [-0.2, 0) is 22.6 Å². The molecule has 4 rings (SSSR count). The van der Waals surface area contributed by atoms with Crippen molar-refractivity contribution in [1.29, 1.82) is 0 Å². The van der Waals surface area contributed by atoms with E-state index in [4.69, 9.17) is 21.1 Å². The highest BCUT2D eigenvalue weighted by atomic mass is 35.5. The van der Waals surface area contributed by atoms with Crippen molar-refractivity contribution in [1.82, 2.24) is 9.80 Å². The molecule has 0 aliphatic carbocycles. The molecule has 0 saturated carbocycles. The number of carbonyl (C=O) groups is 3. The lowest BCUT2D eigenvalue weighted by molar-refractivity contribution is -0.128. The van der Waals surface area contributed by atoms with Crippen molar-refractivity contribution in [3.05, 3.63) is 52.5 Å². The highest BCUT2D eigenvalue weighted by molar-refractivity contribution is 6.30. The van der Waals surface area contributed by atoms with Crippen molar-refractivity contribution in [3.8, 4) is 11.5 Å².